The fourth-order valence-corrected chi connectivity index (χ4v) is 3.34. The van der Waals surface area contributed by atoms with Crippen LogP contribution in [0, 0.1) is 11.3 Å². The highest BCUT2D eigenvalue weighted by Gasteiger charge is 2.26. The quantitative estimate of drug-likeness (QED) is 0.728. The van der Waals surface area contributed by atoms with Gasteiger partial charge in [-0.15, -0.1) is 0 Å². The van der Waals surface area contributed by atoms with E-state index >= 15 is 0 Å². The summed E-state index contributed by atoms with van der Waals surface area (Å²) in [6, 6.07) is 5.95. The molecule has 3 heterocycles. The number of amides is 1. The molecule has 2 aromatic heterocycles. The van der Waals surface area contributed by atoms with Crippen LogP contribution in [0.2, 0.25) is 0 Å². The molecule has 1 aliphatic heterocycles. The lowest BCUT2D eigenvalue weighted by Crippen LogP contribution is -2.50. The number of fused-ring (bicyclic) bond motifs is 1. The summed E-state index contributed by atoms with van der Waals surface area (Å²) >= 11 is 0. The first-order chi connectivity index (χ1) is 13.1. The summed E-state index contributed by atoms with van der Waals surface area (Å²) in [4.78, 5) is 21.8. The molecule has 1 aliphatic rings. The van der Waals surface area contributed by atoms with Gasteiger partial charge in [-0.1, -0.05) is 0 Å². The van der Waals surface area contributed by atoms with Gasteiger partial charge in [-0.05, 0) is 19.1 Å². The average Bonchev–Trinajstić information content (AvgIpc) is 2.66. The molecule has 27 heavy (non-hydrogen) atoms. The summed E-state index contributed by atoms with van der Waals surface area (Å²) in [6.07, 6.45) is 3.52. The summed E-state index contributed by atoms with van der Waals surface area (Å²) < 4.78 is 6.04. The third-order valence-corrected chi connectivity index (χ3v) is 4.44. The van der Waals surface area contributed by atoms with Gasteiger partial charge in [0.15, 0.2) is 5.69 Å². The molecular weight excluding hydrogens is 344 g/mol. The van der Waals surface area contributed by atoms with Gasteiger partial charge in [0.1, 0.15) is 11.6 Å². The van der Waals surface area contributed by atoms with E-state index in [1.54, 1.807) is 12.4 Å². The van der Waals surface area contributed by atoms with Gasteiger partial charge in [0.05, 0.1) is 24.1 Å². The van der Waals surface area contributed by atoms with Gasteiger partial charge >= 0.3 is 0 Å². The SMILES string of the molecule is CC(=O)NCCNC[C@H]1CN(c2cnc(C#N)c3ncccc23)C[C@@H](C)O1. The van der Waals surface area contributed by atoms with Crippen molar-refractivity contribution in [1.29, 1.82) is 5.26 Å². The highest BCUT2D eigenvalue weighted by molar-refractivity contribution is 5.93. The van der Waals surface area contributed by atoms with E-state index in [4.69, 9.17) is 4.74 Å². The molecule has 142 valence electrons. The van der Waals surface area contributed by atoms with Crippen LogP contribution in [0.25, 0.3) is 10.9 Å². The van der Waals surface area contributed by atoms with Crippen LogP contribution in [-0.4, -0.2) is 60.8 Å². The molecule has 0 aromatic carbocycles. The highest BCUT2D eigenvalue weighted by Crippen LogP contribution is 2.28. The number of nitrogens with one attached hydrogen (secondary N) is 2. The van der Waals surface area contributed by atoms with Crippen molar-refractivity contribution in [2.24, 2.45) is 0 Å². The van der Waals surface area contributed by atoms with Crippen LogP contribution in [0.4, 0.5) is 5.69 Å². The third-order valence-electron chi connectivity index (χ3n) is 4.44. The molecule has 1 amide bonds. The van der Waals surface area contributed by atoms with Gasteiger partial charge in [0.2, 0.25) is 5.91 Å². The van der Waals surface area contributed by atoms with Crippen molar-refractivity contribution in [2.75, 3.05) is 37.6 Å². The van der Waals surface area contributed by atoms with Crippen LogP contribution in [-0.2, 0) is 9.53 Å². The van der Waals surface area contributed by atoms with E-state index < -0.39 is 0 Å². The number of nitrogens with zero attached hydrogens (tertiary/aromatic N) is 4. The minimum Gasteiger partial charge on any atom is -0.370 e. The Hall–Kier alpha value is -2.76. The Kier molecular flexibility index (Phi) is 6.16. The molecule has 0 radical (unpaired) electrons. The molecule has 8 heteroatoms. The van der Waals surface area contributed by atoms with Crippen molar-refractivity contribution in [3.63, 3.8) is 0 Å². The number of morpholine rings is 1. The Labute approximate surface area is 158 Å². The van der Waals surface area contributed by atoms with Crippen LogP contribution >= 0.6 is 0 Å². The van der Waals surface area contributed by atoms with Crippen molar-refractivity contribution in [3.05, 3.63) is 30.2 Å². The topological polar surface area (TPSA) is 103 Å². The van der Waals surface area contributed by atoms with Gasteiger partial charge in [0.25, 0.3) is 0 Å². The molecular formula is C19H24N6O2. The molecule has 0 spiro atoms. The summed E-state index contributed by atoms with van der Waals surface area (Å²) in [5, 5.41) is 16.3. The Morgan fingerprint density at radius 1 is 1.41 bits per heavy atom. The van der Waals surface area contributed by atoms with E-state index in [1.807, 2.05) is 19.1 Å². The molecule has 1 fully saturated rings. The number of ether oxygens (including phenoxy) is 1. The first-order valence-electron chi connectivity index (χ1n) is 9.08. The summed E-state index contributed by atoms with van der Waals surface area (Å²) in [6.45, 7) is 7.01. The molecule has 2 aromatic rings. The molecule has 1 saturated heterocycles. The van der Waals surface area contributed by atoms with E-state index in [1.165, 1.54) is 6.92 Å². The number of nitriles is 1. The summed E-state index contributed by atoms with van der Waals surface area (Å²) in [7, 11) is 0. The van der Waals surface area contributed by atoms with Crippen LogP contribution in [0.5, 0.6) is 0 Å². The van der Waals surface area contributed by atoms with Crippen molar-refractivity contribution in [1.82, 2.24) is 20.6 Å². The number of carbonyl (C=O) groups excluding carboxylic acids is 1. The van der Waals surface area contributed by atoms with Crippen molar-refractivity contribution >= 4 is 22.5 Å². The lowest BCUT2D eigenvalue weighted by atomic mass is 10.1. The summed E-state index contributed by atoms with van der Waals surface area (Å²) in [5.74, 6) is -0.0284. The van der Waals surface area contributed by atoms with E-state index in [0.29, 0.717) is 30.8 Å². The molecule has 0 aliphatic carbocycles. The second kappa shape index (κ2) is 8.75. The number of anilines is 1. The van der Waals surface area contributed by atoms with E-state index in [-0.39, 0.29) is 18.1 Å². The van der Waals surface area contributed by atoms with Gasteiger partial charge in [-0.2, -0.15) is 5.26 Å². The Morgan fingerprint density at radius 2 is 2.26 bits per heavy atom. The molecule has 0 bridgehead atoms. The van der Waals surface area contributed by atoms with Gasteiger partial charge in [-0.25, -0.2) is 4.98 Å². The van der Waals surface area contributed by atoms with E-state index in [0.717, 1.165) is 24.2 Å². The monoisotopic (exact) mass is 368 g/mol. The number of pyridine rings is 2. The zero-order chi connectivity index (χ0) is 19.2. The second-order valence-corrected chi connectivity index (χ2v) is 6.66. The van der Waals surface area contributed by atoms with Gasteiger partial charge in [0, 0.05) is 51.2 Å². The predicted octanol–water partition coefficient (Wildman–Crippen LogP) is 0.821. The molecule has 3 rings (SSSR count). The largest absolute Gasteiger partial charge is 0.370 e. The maximum Gasteiger partial charge on any atom is 0.216 e. The summed E-state index contributed by atoms with van der Waals surface area (Å²) in [5.41, 5.74) is 1.93. The molecule has 0 unspecified atom stereocenters. The van der Waals surface area contributed by atoms with Crippen molar-refractivity contribution < 1.29 is 9.53 Å². The number of hydrogen-bond acceptors (Lipinski definition) is 7. The fourth-order valence-electron chi connectivity index (χ4n) is 3.34. The van der Waals surface area contributed by atoms with Crippen LogP contribution in [0.3, 0.4) is 0 Å². The predicted molar refractivity (Wildman–Crippen MR) is 102 cm³/mol. The zero-order valence-electron chi connectivity index (χ0n) is 15.6. The van der Waals surface area contributed by atoms with E-state index in [9.17, 15) is 10.1 Å². The minimum absolute atomic E-state index is 0.0217. The van der Waals surface area contributed by atoms with Crippen molar-refractivity contribution in [2.45, 2.75) is 26.1 Å². The molecule has 0 saturated carbocycles. The average molecular weight is 368 g/mol. The smallest absolute Gasteiger partial charge is 0.216 e. The highest BCUT2D eigenvalue weighted by atomic mass is 16.5. The Balaban J connectivity index is 1.71. The van der Waals surface area contributed by atoms with Crippen LogP contribution in [0.1, 0.15) is 19.5 Å². The molecule has 2 N–H and O–H groups in total. The van der Waals surface area contributed by atoms with E-state index in [2.05, 4.69) is 31.6 Å². The standard InChI is InChI=1S/C19H24N6O2/c1-13-11-25(12-15(27-13)9-21-6-7-22-14(2)26)18-10-24-17(8-20)19-16(18)4-3-5-23-19/h3-5,10,13,15,21H,6-7,9,11-12H2,1-2H3,(H,22,26)/t13-,15+/m1/s1. The number of carbonyl (C=O) groups is 1. The maximum atomic E-state index is 10.9. The first-order valence-corrected chi connectivity index (χ1v) is 9.08. The van der Waals surface area contributed by atoms with Crippen molar-refractivity contribution in [3.8, 4) is 6.07 Å². The lowest BCUT2D eigenvalue weighted by molar-refractivity contribution is -0.118. The van der Waals surface area contributed by atoms with Crippen LogP contribution in [0.15, 0.2) is 24.5 Å². The zero-order valence-corrected chi connectivity index (χ0v) is 15.6. The van der Waals surface area contributed by atoms with Gasteiger partial charge in [-0.3, -0.25) is 9.78 Å². The third kappa shape index (κ3) is 4.70. The Morgan fingerprint density at radius 3 is 3.04 bits per heavy atom. The first kappa shape index (κ1) is 19.0. The fraction of sp³-hybridized carbons (Fsp3) is 0.474. The molecule has 8 nitrogen and oxygen atoms in total. The minimum atomic E-state index is -0.0284. The molecule has 2 atom stereocenters. The lowest BCUT2D eigenvalue weighted by Gasteiger charge is -2.38. The number of hydrogen-bond donors (Lipinski definition) is 2. The van der Waals surface area contributed by atoms with Crippen LogP contribution < -0.4 is 15.5 Å². The Bertz CT molecular complexity index is 850. The normalized spacial score (nSPS) is 19.7. The number of rotatable bonds is 6. The van der Waals surface area contributed by atoms with Gasteiger partial charge < -0.3 is 20.3 Å². The number of aromatic nitrogens is 2. The maximum absolute atomic E-state index is 10.9. The second-order valence-electron chi connectivity index (χ2n) is 6.66.